The van der Waals surface area contributed by atoms with Gasteiger partial charge in [0.25, 0.3) is 0 Å². The zero-order chi connectivity index (χ0) is 16.2. The van der Waals surface area contributed by atoms with Gasteiger partial charge in [-0.15, -0.1) is 0 Å². The van der Waals surface area contributed by atoms with Crippen molar-refractivity contribution in [3.8, 4) is 0 Å². The van der Waals surface area contributed by atoms with Crippen LogP contribution in [0, 0.1) is 11.7 Å². The van der Waals surface area contributed by atoms with Crippen molar-refractivity contribution >= 4 is 5.91 Å². The summed E-state index contributed by atoms with van der Waals surface area (Å²) in [5, 5.41) is 2.87. The number of carbonyl (C=O) groups is 1. The van der Waals surface area contributed by atoms with Crippen LogP contribution in [0.15, 0.2) is 24.3 Å². The molecule has 1 unspecified atom stereocenters. The minimum absolute atomic E-state index is 0.158. The van der Waals surface area contributed by atoms with Crippen molar-refractivity contribution in [1.82, 2.24) is 5.32 Å². The van der Waals surface area contributed by atoms with E-state index in [4.69, 9.17) is 10.5 Å². The summed E-state index contributed by atoms with van der Waals surface area (Å²) in [5.74, 6) is -0.267. The van der Waals surface area contributed by atoms with Crippen molar-refractivity contribution in [2.45, 2.75) is 38.1 Å². The summed E-state index contributed by atoms with van der Waals surface area (Å²) in [4.78, 5) is 12.2. The van der Waals surface area contributed by atoms with Gasteiger partial charge < -0.3 is 15.8 Å². The lowest BCUT2D eigenvalue weighted by Gasteiger charge is -2.30. The Hall–Kier alpha value is -1.46. The van der Waals surface area contributed by atoms with Crippen molar-refractivity contribution in [1.29, 1.82) is 0 Å². The van der Waals surface area contributed by atoms with Gasteiger partial charge in [-0.1, -0.05) is 32.0 Å². The number of nitrogens with one attached hydrogen (secondary N) is 1. The topological polar surface area (TPSA) is 64.4 Å². The molecule has 0 bridgehead atoms. The average molecular weight is 308 g/mol. The maximum absolute atomic E-state index is 13.9. The van der Waals surface area contributed by atoms with Crippen LogP contribution in [-0.4, -0.2) is 31.7 Å². The normalized spacial score (nSPS) is 18.0. The van der Waals surface area contributed by atoms with Crippen molar-refractivity contribution in [3.05, 3.63) is 35.6 Å². The van der Waals surface area contributed by atoms with Crippen LogP contribution in [0.4, 0.5) is 4.39 Å². The van der Waals surface area contributed by atoms with E-state index in [9.17, 15) is 9.18 Å². The monoisotopic (exact) mass is 308 g/mol. The van der Waals surface area contributed by atoms with E-state index in [1.54, 1.807) is 18.2 Å². The van der Waals surface area contributed by atoms with Crippen molar-refractivity contribution in [2.75, 3.05) is 19.8 Å². The molecule has 3 N–H and O–H groups in total. The van der Waals surface area contributed by atoms with E-state index in [1.165, 1.54) is 6.07 Å². The number of halogens is 1. The molecule has 0 aromatic heterocycles. The second-order valence-corrected chi connectivity index (χ2v) is 6.56. The van der Waals surface area contributed by atoms with E-state index in [2.05, 4.69) is 5.32 Å². The van der Waals surface area contributed by atoms with E-state index < -0.39 is 11.5 Å². The van der Waals surface area contributed by atoms with Crippen molar-refractivity contribution in [3.63, 3.8) is 0 Å². The molecule has 22 heavy (non-hydrogen) atoms. The van der Waals surface area contributed by atoms with Crippen LogP contribution in [-0.2, 0) is 14.9 Å². The molecule has 5 heteroatoms. The lowest BCUT2D eigenvalue weighted by atomic mass is 9.84. The summed E-state index contributed by atoms with van der Waals surface area (Å²) in [6, 6.07) is 6.12. The molecule has 0 radical (unpaired) electrons. The zero-order valence-electron chi connectivity index (χ0n) is 13.3. The number of carbonyl (C=O) groups excluding carboxylic acids is 1. The minimum Gasteiger partial charge on any atom is -0.381 e. The number of ether oxygens (including phenoxy) is 1. The molecule has 1 aromatic carbocycles. The average Bonchev–Trinajstić information content (AvgIpc) is 2.53. The number of nitrogens with two attached hydrogens (primary N) is 1. The third-order valence-corrected chi connectivity index (χ3v) is 4.38. The molecule has 0 aliphatic carbocycles. The lowest BCUT2D eigenvalue weighted by Crippen LogP contribution is -2.49. The van der Waals surface area contributed by atoms with Crippen LogP contribution in [0.3, 0.4) is 0 Å². The van der Waals surface area contributed by atoms with Gasteiger partial charge in [0, 0.05) is 25.2 Å². The third kappa shape index (κ3) is 4.05. The molecule has 1 fully saturated rings. The molecule has 1 saturated heterocycles. The first-order valence-corrected chi connectivity index (χ1v) is 7.78. The SMILES string of the molecule is CC(C)(CNC(=O)C(N)C1CCOCC1)c1ccccc1F. The second-order valence-electron chi connectivity index (χ2n) is 6.56. The van der Waals surface area contributed by atoms with Gasteiger partial charge >= 0.3 is 0 Å². The molecule has 0 saturated carbocycles. The highest BCUT2D eigenvalue weighted by atomic mass is 19.1. The first kappa shape index (κ1) is 16.9. The smallest absolute Gasteiger partial charge is 0.237 e. The van der Waals surface area contributed by atoms with E-state index in [1.807, 2.05) is 13.8 Å². The van der Waals surface area contributed by atoms with Gasteiger partial charge in [-0.2, -0.15) is 0 Å². The minimum atomic E-state index is -0.527. The maximum atomic E-state index is 13.9. The van der Waals surface area contributed by atoms with Crippen molar-refractivity contribution < 1.29 is 13.9 Å². The van der Waals surface area contributed by atoms with Gasteiger partial charge in [0.1, 0.15) is 5.82 Å². The quantitative estimate of drug-likeness (QED) is 0.874. The number of rotatable bonds is 5. The van der Waals surface area contributed by atoms with Crippen LogP contribution in [0.5, 0.6) is 0 Å². The molecule has 1 aromatic rings. The van der Waals surface area contributed by atoms with Gasteiger partial charge in [0.15, 0.2) is 0 Å². The van der Waals surface area contributed by atoms with Crippen LogP contribution >= 0.6 is 0 Å². The highest BCUT2D eigenvalue weighted by Gasteiger charge is 2.29. The molecule has 1 atom stereocenters. The fourth-order valence-electron chi connectivity index (χ4n) is 2.82. The molecule has 4 nitrogen and oxygen atoms in total. The molecule has 122 valence electrons. The van der Waals surface area contributed by atoms with E-state index in [0.29, 0.717) is 25.3 Å². The molecule has 1 aliphatic rings. The van der Waals surface area contributed by atoms with Gasteiger partial charge in [0.05, 0.1) is 6.04 Å². The molecular weight excluding hydrogens is 283 g/mol. The van der Waals surface area contributed by atoms with E-state index in [-0.39, 0.29) is 17.6 Å². The van der Waals surface area contributed by atoms with Crippen molar-refractivity contribution in [2.24, 2.45) is 11.7 Å². The van der Waals surface area contributed by atoms with Crippen LogP contribution in [0.25, 0.3) is 0 Å². The molecule has 1 heterocycles. The van der Waals surface area contributed by atoms with Crippen LogP contribution in [0.1, 0.15) is 32.3 Å². The third-order valence-electron chi connectivity index (χ3n) is 4.38. The number of amides is 1. The summed E-state index contributed by atoms with van der Waals surface area (Å²) in [6.45, 7) is 5.49. The maximum Gasteiger partial charge on any atom is 0.237 e. The van der Waals surface area contributed by atoms with Gasteiger partial charge in [-0.25, -0.2) is 4.39 Å². The standard InChI is InChI=1S/C17H25FN2O2/c1-17(2,13-5-3-4-6-14(13)18)11-20-16(21)15(19)12-7-9-22-10-8-12/h3-6,12,15H,7-11,19H2,1-2H3,(H,20,21). The number of hydrogen-bond donors (Lipinski definition) is 2. The Morgan fingerprint density at radius 1 is 1.41 bits per heavy atom. The summed E-state index contributed by atoms with van der Waals surface area (Å²) in [6.07, 6.45) is 1.62. The van der Waals surface area contributed by atoms with Crippen LogP contribution < -0.4 is 11.1 Å². The summed E-state index contributed by atoms with van der Waals surface area (Å²) in [5.41, 5.74) is 6.15. The Kier molecular flexibility index (Phi) is 5.53. The predicted molar refractivity (Wildman–Crippen MR) is 84.0 cm³/mol. The number of benzene rings is 1. The summed E-state index contributed by atoms with van der Waals surface area (Å²) >= 11 is 0. The summed E-state index contributed by atoms with van der Waals surface area (Å²) < 4.78 is 19.2. The largest absolute Gasteiger partial charge is 0.381 e. The molecule has 2 rings (SSSR count). The Labute approximate surface area is 131 Å². The zero-order valence-corrected chi connectivity index (χ0v) is 13.3. The lowest BCUT2D eigenvalue weighted by molar-refractivity contribution is -0.124. The Bertz CT molecular complexity index is 513. The Morgan fingerprint density at radius 2 is 2.05 bits per heavy atom. The molecule has 1 aliphatic heterocycles. The van der Waals surface area contributed by atoms with Gasteiger partial charge in [0.2, 0.25) is 5.91 Å². The fraction of sp³-hybridized carbons (Fsp3) is 0.588. The predicted octanol–water partition coefficient (Wildman–Crippen LogP) is 1.97. The molecule has 0 spiro atoms. The molecular formula is C17H25FN2O2. The number of hydrogen-bond acceptors (Lipinski definition) is 3. The first-order chi connectivity index (χ1) is 10.4. The van der Waals surface area contributed by atoms with Crippen LogP contribution in [0.2, 0.25) is 0 Å². The highest BCUT2D eigenvalue weighted by Crippen LogP contribution is 2.25. The molecule has 1 amide bonds. The second kappa shape index (κ2) is 7.20. The Balaban J connectivity index is 1.93. The summed E-state index contributed by atoms with van der Waals surface area (Å²) in [7, 11) is 0. The van der Waals surface area contributed by atoms with E-state index >= 15 is 0 Å². The Morgan fingerprint density at radius 3 is 2.68 bits per heavy atom. The van der Waals surface area contributed by atoms with Gasteiger partial charge in [-0.05, 0) is 30.4 Å². The fourth-order valence-corrected chi connectivity index (χ4v) is 2.82. The van der Waals surface area contributed by atoms with E-state index in [0.717, 1.165) is 12.8 Å². The van der Waals surface area contributed by atoms with Gasteiger partial charge in [-0.3, -0.25) is 4.79 Å². The highest BCUT2D eigenvalue weighted by molar-refractivity contribution is 5.81. The first-order valence-electron chi connectivity index (χ1n) is 7.78.